The highest BCUT2D eigenvalue weighted by Crippen LogP contribution is 2.29. The smallest absolute Gasteiger partial charge is 0.262 e. The lowest BCUT2D eigenvalue weighted by atomic mass is 10.3. The normalized spacial score (nSPS) is 11.0. The lowest BCUT2D eigenvalue weighted by molar-refractivity contribution is -0.118. The van der Waals surface area contributed by atoms with Crippen molar-refractivity contribution in [1.82, 2.24) is 0 Å². The number of amides is 1. The summed E-state index contributed by atoms with van der Waals surface area (Å²) in [5, 5.41) is 3.34. The number of anilines is 2. The quantitative estimate of drug-likeness (QED) is 0.362. The first-order valence-electron chi connectivity index (χ1n) is 9.61. The van der Waals surface area contributed by atoms with E-state index in [1.165, 1.54) is 24.3 Å². The van der Waals surface area contributed by atoms with Crippen LogP contribution in [-0.4, -0.2) is 27.5 Å². The van der Waals surface area contributed by atoms with E-state index in [2.05, 4.69) is 10.0 Å². The Hall–Kier alpha value is -2.65. The van der Waals surface area contributed by atoms with E-state index in [9.17, 15) is 13.2 Å². The summed E-state index contributed by atoms with van der Waals surface area (Å²) < 4.78 is 38.6. The summed E-state index contributed by atoms with van der Waals surface area (Å²) in [6.07, 6.45) is 0. The lowest BCUT2D eigenvalue weighted by Gasteiger charge is -2.12. The van der Waals surface area contributed by atoms with E-state index in [0.717, 1.165) is 0 Å². The second-order valence-corrected chi connectivity index (χ2v) is 9.55. The third-order valence-corrected chi connectivity index (χ3v) is 6.42. The van der Waals surface area contributed by atoms with E-state index in [1.807, 2.05) is 6.92 Å². The van der Waals surface area contributed by atoms with Crippen molar-refractivity contribution in [3.05, 3.63) is 75.7 Å². The molecule has 0 spiro atoms. The molecule has 0 atom stereocenters. The highest BCUT2D eigenvalue weighted by Gasteiger charge is 2.17. The molecular weight excluding hydrogens is 511 g/mol. The molecule has 3 aromatic carbocycles. The van der Waals surface area contributed by atoms with Gasteiger partial charge in [0.25, 0.3) is 15.9 Å². The summed E-state index contributed by atoms with van der Waals surface area (Å²) in [6.45, 7) is 2.00. The molecule has 0 aliphatic heterocycles. The molecular formula is C22H19Cl3N2O5S. The largest absolute Gasteiger partial charge is 0.494 e. The molecule has 0 fully saturated rings. The number of sulfonamides is 1. The van der Waals surface area contributed by atoms with Crippen molar-refractivity contribution in [3.8, 4) is 11.5 Å². The lowest BCUT2D eigenvalue weighted by Crippen LogP contribution is -2.20. The van der Waals surface area contributed by atoms with E-state index < -0.39 is 15.9 Å². The molecule has 174 valence electrons. The van der Waals surface area contributed by atoms with Gasteiger partial charge < -0.3 is 14.8 Å². The minimum atomic E-state index is -3.89. The molecule has 0 aliphatic rings. The van der Waals surface area contributed by atoms with Crippen LogP contribution in [0.1, 0.15) is 6.92 Å². The van der Waals surface area contributed by atoms with Gasteiger partial charge in [-0.15, -0.1) is 0 Å². The molecule has 0 radical (unpaired) electrons. The van der Waals surface area contributed by atoms with Crippen LogP contribution in [0.15, 0.2) is 65.6 Å². The Morgan fingerprint density at radius 2 is 1.64 bits per heavy atom. The maximum Gasteiger partial charge on any atom is 0.262 e. The fourth-order valence-electron chi connectivity index (χ4n) is 2.69. The van der Waals surface area contributed by atoms with Crippen LogP contribution in [0.3, 0.4) is 0 Å². The van der Waals surface area contributed by atoms with Crippen LogP contribution in [0.2, 0.25) is 15.1 Å². The fraction of sp³-hybridized carbons (Fsp3) is 0.136. The van der Waals surface area contributed by atoms with Crippen molar-refractivity contribution in [3.63, 3.8) is 0 Å². The second kappa shape index (κ2) is 11.0. The highest BCUT2D eigenvalue weighted by atomic mass is 35.5. The molecule has 11 heteroatoms. The molecule has 2 N–H and O–H groups in total. The molecule has 33 heavy (non-hydrogen) atoms. The Morgan fingerprint density at radius 3 is 2.27 bits per heavy atom. The SMILES string of the molecule is CCOc1ccc(NS(=O)(=O)c2ccc(OCC(=O)Nc3ccc(Cl)cc3Cl)c(Cl)c2)cc1. The van der Waals surface area contributed by atoms with Crippen LogP contribution in [0.5, 0.6) is 11.5 Å². The van der Waals surface area contributed by atoms with E-state index in [4.69, 9.17) is 44.3 Å². The molecule has 0 aromatic heterocycles. The number of hydrogen-bond acceptors (Lipinski definition) is 5. The van der Waals surface area contributed by atoms with Crippen molar-refractivity contribution in [2.75, 3.05) is 23.3 Å². The number of ether oxygens (including phenoxy) is 2. The Kier molecular flexibility index (Phi) is 8.31. The van der Waals surface area contributed by atoms with E-state index in [1.54, 1.807) is 36.4 Å². The third-order valence-electron chi connectivity index (χ3n) is 4.20. The van der Waals surface area contributed by atoms with Crippen LogP contribution < -0.4 is 19.5 Å². The van der Waals surface area contributed by atoms with Crippen LogP contribution >= 0.6 is 34.8 Å². The summed E-state index contributed by atoms with van der Waals surface area (Å²) in [4.78, 5) is 12.1. The number of hydrogen-bond donors (Lipinski definition) is 2. The molecule has 3 aromatic rings. The molecule has 7 nitrogen and oxygen atoms in total. The number of carbonyl (C=O) groups excluding carboxylic acids is 1. The van der Waals surface area contributed by atoms with Crippen molar-refractivity contribution in [2.24, 2.45) is 0 Å². The molecule has 0 saturated carbocycles. The minimum absolute atomic E-state index is 0.0295. The van der Waals surface area contributed by atoms with Crippen molar-refractivity contribution in [1.29, 1.82) is 0 Å². The van der Waals surface area contributed by atoms with Gasteiger partial charge >= 0.3 is 0 Å². The maximum atomic E-state index is 12.7. The van der Waals surface area contributed by atoms with Gasteiger partial charge in [-0.3, -0.25) is 9.52 Å². The zero-order chi connectivity index (χ0) is 24.0. The predicted octanol–water partition coefficient (Wildman–Crippen LogP) is 5.86. The summed E-state index contributed by atoms with van der Waals surface area (Å²) in [5.74, 6) is 0.297. The Balaban J connectivity index is 1.63. The van der Waals surface area contributed by atoms with Gasteiger partial charge in [-0.2, -0.15) is 0 Å². The van der Waals surface area contributed by atoms with Crippen molar-refractivity contribution in [2.45, 2.75) is 11.8 Å². The standard InChI is InChI=1S/C22H19Cl3N2O5S/c1-2-31-16-6-4-15(5-7-16)27-33(29,30)17-8-10-21(19(25)12-17)32-13-22(28)26-20-9-3-14(23)11-18(20)24/h3-12,27H,2,13H2,1H3,(H,26,28). The molecule has 0 heterocycles. The Bertz CT molecular complexity index is 1250. The molecule has 0 bridgehead atoms. The average Bonchev–Trinajstić information content (AvgIpc) is 2.76. The number of benzene rings is 3. The maximum absolute atomic E-state index is 12.7. The molecule has 0 saturated heterocycles. The summed E-state index contributed by atoms with van der Waals surface area (Å²) in [5.41, 5.74) is 0.745. The van der Waals surface area contributed by atoms with Gasteiger partial charge in [0, 0.05) is 10.7 Å². The predicted molar refractivity (Wildman–Crippen MR) is 130 cm³/mol. The fourth-order valence-corrected chi connectivity index (χ4v) is 4.53. The van der Waals surface area contributed by atoms with Crippen LogP contribution in [-0.2, 0) is 14.8 Å². The molecule has 1 amide bonds. The topological polar surface area (TPSA) is 93.7 Å². The van der Waals surface area contributed by atoms with Crippen molar-refractivity contribution < 1.29 is 22.7 Å². The van der Waals surface area contributed by atoms with Gasteiger partial charge in [0.05, 0.1) is 27.2 Å². The Labute approximate surface area is 206 Å². The van der Waals surface area contributed by atoms with Crippen LogP contribution in [0.4, 0.5) is 11.4 Å². The summed E-state index contributed by atoms with van der Waals surface area (Å²) in [6, 6.07) is 15.1. The van der Waals surface area contributed by atoms with Crippen LogP contribution in [0.25, 0.3) is 0 Å². The monoisotopic (exact) mass is 528 g/mol. The van der Waals surface area contributed by atoms with Gasteiger partial charge in [0.2, 0.25) is 0 Å². The molecule has 0 unspecified atom stereocenters. The van der Waals surface area contributed by atoms with E-state index in [0.29, 0.717) is 28.8 Å². The first-order chi connectivity index (χ1) is 15.7. The second-order valence-electron chi connectivity index (χ2n) is 6.62. The van der Waals surface area contributed by atoms with Gasteiger partial charge in [-0.25, -0.2) is 8.42 Å². The van der Waals surface area contributed by atoms with Gasteiger partial charge in [0.15, 0.2) is 6.61 Å². The van der Waals surface area contributed by atoms with Gasteiger partial charge in [-0.1, -0.05) is 34.8 Å². The zero-order valence-electron chi connectivity index (χ0n) is 17.3. The van der Waals surface area contributed by atoms with Crippen LogP contribution in [0, 0.1) is 0 Å². The van der Waals surface area contributed by atoms with Crippen molar-refractivity contribution >= 4 is 62.1 Å². The average molecular weight is 530 g/mol. The third kappa shape index (κ3) is 6.91. The highest BCUT2D eigenvalue weighted by molar-refractivity contribution is 7.92. The molecule has 0 aliphatic carbocycles. The first-order valence-corrected chi connectivity index (χ1v) is 12.2. The molecule has 3 rings (SSSR count). The van der Waals surface area contributed by atoms with E-state index in [-0.39, 0.29) is 27.3 Å². The number of halogens is 3. The first kappa shape index (κ1) is 25.0. The van der Waals surface area contributed by atoms with Gasteiger partial charge in [0.1, 0.15) is 11.5 Å². The van der Waals surface area contributed by atoms with Gasteiger partial charge in [-0.05, 0) is 67.6 Å². The Morgan fingerprint density at radius 1 is 0.909 bits per heavy atom. The number of carbonyl (C=O) groups is 1. The number of rotatable bonds is 9. The summed E-state index contributed by atoms with van der Waals surface area (Å²) in [7, 11) is -3.89. The number of nitrogens with one attached hydrogen (secondary N) is 2. The summed E-state index contributed by atoms with van der Waals surface area (Å²) >= 11 is 18.0. The zero-order valence-corrected chi connectivity index (χ0v) is 20.4. The van der Waals surface area contributed by atoms with E-state index >= 15 is 0 Å². The minimum Gasteiger partial charge on any atom is -0.494 e.